The number of urea groups is 1. The second kappa shape index (κ2) is 2.69. The van der Waals surface area contributed by atoms with Crippen molar-refractivity contribution < 1.29 is 13.2 Å². The maximum absolute atomic E-state index is 10.6. The minimum atomic E-state index is -2.77. The Hall–Kier alpha value is -0.780. The van der Waals surface area contributed by atoms with E-state index in [0.29, 0.717) is 6.54 Å². The van der Waals surface area contributed by atoms with Crippen molar-refractivity contribution in [1.82, 2.24) is 5.32 Å². The molecule has 0 atom stereocenters. The van der Waals surface area contributed by atoms with E-state index in [2.05, 4.69) is 5.32 Å². The molecule has 0 radical (unpaired) electrons. The van der Waals surface area contributed by atoms with Gasteiger partial charge in [0, 0.05) is 12.5 Å². The monoisotopic (exact) mass is 178 g/mol. The smallest absolute Gasteiger partial charge is 0.312 e. The molecule has 0 aromatic heterocycles. The molecule has 0 aliphatic carbocycles. The molecule has 3 N–H and O–H groups in total. The van der Waals surface area contributed by atoms with Gasteiger partial charge in [0.15, 0.2) is 9.84 Å². The quantitative estimate of drug-likeness (QED) is 0.550. The first-order valence-electron chi connectivity index (χ1n) is 3.23. The van der Waals surface area contributed by atoms with Crippen LogP contribution < -0.4 is 11.1 Å². The average molecular weight is 178 g/mol. The zero-order chi connectivity index (χ0) is 8.48. The number of amides is 2. The molecule has 1 rings (SSSR count). The van der Waals surface area contributed by atoms with E-state index in [0.717, 1.165) is 0 Å². The maximum Gasteiger partial charge on any atom is 0.312 e. The minimum Gasteiger partial charge on any atom is -0.352 e. The summed E-state index contributed by atoms with van der Waals surface area (Å²) in [5, 5.41) is 2.36. The number of sulfone groups is 1. The van der Waals surface area contributed by atoms with Crippen molar-refractivity contribution in [3.63, 3.8) is 0 Å². The number of carbonyl (C=O) groups is 1. The summed E-state index contributed by atoms with van der Waals surface area (Å²) in [7, 11) is -2.77. The fourth-order valence-corrected chi connectivity index (χ4v) is 2.61. The van der Waals surface area contributed by atoms with Gasteiger partial charge in [-0.2, -0.15) is 0 Å². The van der Waals surface area contributed by atoms with E-state index in [-0.39, 0.29) is 17.4 Å². The molecule has 0 spiro atoms. The van der Waals surface area contributed by atoms with Gasteiger partial charge in [0.05, 0.1) is 11.5 Å². The molecular formula is C5H10N2O3S. The highest BCUT2D eigenvalue weighted by Crippen LogP contribution is 2.16. The molecule has 64 valence electrons. The standard InChI is InChI=1S/C5H10N2O3S/c6-5(8)7-1-4-2-11(9,10)3-4/h4H,1-3H2,(H3,6,7,8). The average Bonchev–Trinajstić information content (AvgIpc) is 1.78. The molecule has 0 aromatic carbocycles. The molecule has 11 heavy (non-hydrogen) atoms. The van der Waals surface area contributed by atoms with Gasteiger partial charge in [0.1, 0.15) is 0 Å². The van der Waals surface area contributed by atoms with E-state index in [1.165, 1.54) is 0 Å². The van der Waals surface area contributed by atoms with Gasteiger partial charge < -0.3 is 11.1 Å². The van der Waals surface area contributed by atoms with Crippen molar-refractivity contribution in [2.45, 2.75) is 0 Å². The summed E-state index contributed by atoms with van der Waals surface area (Å²) in [4.78, 5) is 10.2. The van der Waals surface area contributed by atoms with Crippen LogP contribution in [0, 0.1) is 5.92 Å². The third-order valence-corrected chi connectivity index (χ3v) is 3.50. The van der Waals surface area contributed by atoms with Crippen LogP contribution in [0.25, 0.3) is 0 Å². The topological polar surface area (TPSA) is 89.3 Å². The lowest BCUT2D eigenvalue weighted by molar-refractivity contribution is 0.247. The number of nitrogens with one attached hydrogen (secondary N) is 1. The Bertz CT molecular complexity index is 247. The first-order chi connectivity index (χ1) is 4.99. The Balaban J connectivity index is 2.19. The zero-order valence-electron chi connectivity index (χ0n) is 5.91. The summed E-state index contributed by atoms with van der Waals surface area (Å²) < 4.78 is 21.2. The van der Waals surface area contributed by atoms with Crippen LogP contribution in [-0.2, 0) is 9.84 Å². The van der Waals surface area contributed by atoms with Crippen LogP contribution in [0.2, 0.25) is 0 Å². The number of carbonyl (C=O) groups excluding carboxylic acids is 1. The Kier molecular flexibility index (Phi) is 2.03. The molecule has 6 heteroatoms. The lowest BCUT2D eigenvalue weighted by Gasteiger charge is -2.25. The lowest BCUT2D eigenvalue weighted by atomic mass is 10.2. The Morgan fingerprint density at radius 3 is 2.45 bits per heavy atom. The molecule has 2 amide bonds. The molecule has 0 aromatic rings. The van der Waals surface area contributed by atoms with Crippen LogP contribution in [0.15, 0.2) is 0 Å². The minimum absolute atomic E-state index is 0.0625. The Morgan fingerprint density at radius 1 is 1.55 bits per heavy atom. The van der Waals surface area contributed by atoms with Crippen molar-refractivity contribution in [1.29, 1.82) is 0 Å². The molecule has 0 unspecified atom stereocenters. The second-order valence-corrected chi connectivity index (χ2v) is 4.84. The normalized spacial score (nSPS) is 22.2. The summed E-state index contributed by atoms with van der Waals surface area (Å²) >= 11 is 0. The van der Waals surface area contributed by atoms with Crippen molar-refractivity contribution >= 4 is 15.9 Å². The third-order valence-electron chi connectivity index (χ3n) is 1.54. The van der Waals surface area contributed by atoms with E-state index in [4.69, 9.17) is 5.73 Å². The predicted molar refractivity (Wildman–Crippen MR) is 39.7 cm³/mol. The first kappa shape index (κ1) is 8.32. The summed E-state index contributed by atoms with van der Waals surface area (Å²) in [6.07, 6.45) is 0. The van der Waals surface area contributed by atoms with Crippen molar-refractivity contribution in [3.05, 3.63) is 0 Å². The van der Waals surface area contributed by atoms with Crippen LogP contribution >= 0.6 is 0 Å². The van der Waals surface area contributed by atoms with Gasteiger partial charge in [0.2, 0.25) is 0 Å². The summed E-state index contributed by atoms with van der Waals surface area (Å²) in [5.41, 5.74) is 4.79. The highest BCUT2D eigenvalue weighted by atomic mass is 32.2. The largest absolute Gasteiger partial charge is 0.352 e. The molecule has 1 aliphatic heterocycles. The summed E-state index contributed by atoms with van der Waals surface area (Å²) in [6.45, 7) is 0.370. The van der Waals surface area contributed by atoms with Gasteiger partial charge in [-0.1, -0.05) is 0 Å². The van der Waals surface area contributed by atoms with E-state index in [9.17, 15) is 13.2 Å². The van der Waals surface area contributed by atoms with Gasteiger partial charge in [0.25, 0.3) is 0 Å². The number of primary amides is 1. The van der Waals surface area contributed by atoms with E-state index < -0.39 is 15.9 Å². The molecule has 1 aliphatic rings. The lowest BCUT2D eigenvalue weighted by Crippen LogP contribution is -2.45. The first-order valence-corrected chi connectivity index (χ1v) is 5.05. The van der Waals surface area contributed by atoms with Gasteiger partial charge in [-0.3, -0.25) is 0 Å². The summed E-state index contributed by atoms with van der Waals surface area (Å²) in [6, 6.07) is -0.603. The highest BCUT2D eigenvalue weighted by Gasteiger charge is 2.32. The fourth-order valence-electron chi connectivity index (χ4n) is 1.03. The van der Waals surface area contributed by atoms with Gasteiger partial charge in [-0.05, 0) is 0 Å². The highest BCUT2D eigenvalue weighted by molar-refractivity contribution is 7.92. The Morgan fingerprint density at radius 2 is 2.09 bits per heavy atom. The SMILES string of the molecule is NC(=O)NCC1CS(=O)(=O)C1. The third kappa shape index (κ3) is 2.38. The van der Waals surface area contributed by atoms with Crippen molar-refractivity contribution in [3.8, 4) is 0 Å². The number of rotatable bonds is 2. The number of nitrogens with two attached hydrogens (primary N) is 1. The molecule has 1 heterocycles. The van der Waals surface area contributed by atoms with E-state index in [1.807, 2.05) is 0 Å². The fraction of sp³-hybridized carbons (Fsp3) is 0.800. The van der Waals surface area contributed by atoms with E-state index >= 15 is 0 Å². The van der Waals surface area contributed by atoms with Crippen LogP contribution in [0.4, 0.5) is 4.79 Å². The van der Waals surface area contributed by atoms with Gasteiger partial charge in [-0.15, -0.1) is 0 Å². The molecule has 0 bridgehead atoms. The second-order valence-electron chi connectivity index (χ2n) is 2.69. The molecule has 1 fully saturated rings. The van der Waals surface area contributed by atoms with Crippen LogP contribution in [0.5, 0.6) is 0 Å². The number of hydrogen-bond donors (Lipinski definition) is 2. The zero-order valence-corrected chi connectivity index (χ0v) is 6.73. The Labute approximate surface area is 64.9 Å². The van der Waals surface area contributed by atoms with Gasteiger partial charge >= 0.3 is 6.03 Å². The predicted octanol–water partition coefficient (Wildman–Crippen LogP) is -1.30. The van der Waals surface area contributed by atoms with Crippen LogP contribution in [-0.4, -0.2) is 32.5 Å². The molecule has 5 nitrogen and oxygen atoms in total. The molecular weight excluding hydrogens is 168 g/mol. The summed E-state index contributed by atoms with van der Waals surface area (Å²) in [5.74, 6) is 0.410. The van der Waals surface area contributed by atoms with Crippen molar-refractivity contribution in [2.75, 3.05) is 18.1 Å². The van der Waals surface area contributed by atoms with Crippen molar-refractivity contribution in [2.24, 2.45) is 11.7 Å². The van der Waals surface area contributed by atoms with Crippen LogP contribution in [0.3, 0.4) is 0 Å². The molecule has 0 saturated carbocycles. The van der Waals surface area contributed by atoms with Gasteiger partial charge in [-0.25, -0.2) is 13.2 Å². The number of hydrogen-bond acceptors (Lipinski definition) is 3. The van der Waals surface area contributed by atoms with Crippen LogP contribution in [0.1, 0.15) is 0 Å². The van der Waals surface area contributed by atoms with E-state index in [1.54, 1.807) is 0 Å². The maximum atomic E-state index is 10.6. The molecule has 1 saturated heterocycles.